The van der Waals surface area contributed by atoms with Crippen molar-refractivity contribution < 1.29 is 15.0 Å². The summed E-state index contributed by atoms with van der Waals surface area (Å²) in [6, 6.07) is 22.8. The first kappa shape index (κ1) is 23.3. The molecular formula is C25H30N4O3. The van der Waals surface area contributed by atoms with E-state index in [0.29, 0.717) is 31.6 Å². The number of phenols is 1. The van der Waals surface area contributed by atoms with Crippen molar-refractivity contribution in [3.63, 3.8) is 0 Å². The summed E-state index contributed by atoms with van der Waals surface area (Å²) in [6.07, 6.45) is 0.564. The summed E-state index contributed by atoms with van der Waals surface area (Å²) >= 11 is 0. The summed E-state index contributed by atoms with van der Waals surface area (Å²) in [6.45, 7) is 1.73. The first-order valence-corrected chi connectivity index (χ1v) is 10.6. The van der Waals surface area contributed by atoms with E-state index in [4.69, 9.17) is 5.73 Å². The molecule has 7 N–H and O–H groups in total. The van der Waals surface area contributed by atoms with Crippen molar-refractivity contribution >= 4 is 17.8 Å². The quantitative estimate of drug-likeness (QED) is 0.148. The van der Waals surface area contributed by atoms with Crippen LogP contribution in [0.15, 0.2) is 72.8 Å². The SMILES string of the molecule is NC(CNc1ccc(CCNCC(O)c2ccc(O)c(NC=O)c2)cc1)c1ccccc1. The number of aromatic hydroxyl groups is 1. The van der Waals surface area contributed by atoms with Crippen LogP contribution in [0.4, 0.5) is 11.4 Å². The average Bonchev–Trinajstić information content (AvgIpc) is 2.83. The predicted octanol–water partition coefficient (Wildman–Crippen LogP) is 2.94. The van der Waals surface area contributed by atoms with Gasteiger partial charge in [-0.15, -0.1) is 0 Å². The predicted molar refractivity (Wildman–Crippen MR) is 128 cm³/mol. The number of benzene rings is 3. The van der Waals surface area contributed by atoms with Crippen molar-refractivity contribution in [3.05, 3.63) is 89.5 Å². The monoisotopic (exact) mass is 434 g/mol. The summed E-state index contributed by atoms with van der Waals surface area (Å²) in [7, 11) is 0. The molecule has 0 spiro atoms. The van der Waals surface area contributed by atoms with Gasteiger partial charge >= 0.3 is 0 Å². The molecule has 0 aliphatic carbocycles. The summed E-state index contributed by atoms with van der Waals surface area (Å²) in [5.41, 5.74) is 10.4. The fourth-order valence-electron chi connectivity index (χ4n) is 3.36. The van der Waals surface area contributed by atoms with E-state index in [9.17, 15) is 15.0 Å². The van der Waals surface area contributed by atoms with Crippen LogP contribution in [0.25, 0.3) is 0 Å². The Labute approximate surface area is 188 Å². The van der Waals surface area contributed by atoms with Crippen LogP contribution in [0.2, 0.25) is 0 Å². The highest BCUT2D eigenvalue weighted by atomic mass is 16.3. The molecule has 0 aliphatic rings. The standard InChI is InChI=1S/C25H30N4O3/c26-22(19-4-2-1-3-5-19)15-28-21-9-6-18(7-10-21)12-13-27-16-25(32)20-8-11-24(31)23(14-20)29-17-30/h1-11,14,17,22,25,27-28,31-32H,12-13,15-16,26H2,(H,29,30). The van der Waals surface area contributed by atoms with Gasteiger partial charge in [0.15, 0.2) is 0 Å². The number of aliphatic hydroxyl groups is 1. The van der Waals surface area contributed by atoms with Gasteiger partial charge in [0.25, 0.3) is 0 Å². The number of aliphatic hydroxyl groups excluding tert-OH is 1. The number of carbonyl (C=O) groups excluding carboxylic acids is 1. The molecule has 0 aromatic heterocycles. The van der Waals surface area contributed by atoms with Crippen LogP contribution in [0.5, 0.6) is 5.75 Å². The number of rotatable bonds is 12. The maximum Gasteiger partial charge on any atom is 0.211 e. The van der Waals surface area contributed by atoms with Gasteiger partial charge < -0.3 is 31.9 Å². The topological polar surface area (TPSA) is 120 Å². The maximum absolute atomic E-state index is 10.6. The molecule has 0 saturated heterocycles. The smallest absolute Gasteiger partial charge is 0.211 e. The van der Waals surface area contributed by atoms with E-state index in [1.807, 2.05) is 42.5 Å². The van der Waals surface area contributed by atoms with Crippen LogP contribution in [-0.2, 0) is 11.2 Å². The first-order chi connectivity index (χ1) is 15.6. The molecule has 0 radical (unpaired) electrons. The second-order valence-corrected chi connectivity index (χ2v) is 7.60. The van der Waals surface area contributed by atoms with Crippen molar-refractivity contribution in [1.29, 1.82) is 0 Å². The Bertz CT molecular complexity index is 980. The fourth-order valence-corrected chi connectivity index (χ4v) is 3.36. The zero-order valence-electron chi connectivity index (χ0n) is 17.9. The number of phenolic OH excluding ortho intramolecular Hbond substituents is 1. The highest BCUT2D eigenvalue weighted by molar-refractivity contribution is 5.75. The molecule has 1 amide bonds. The lowest BCUT2D eigenvalue weighted by Crippen LogP contribution is -2.23. The number of anilines is 2. The van der Waals surface area contributed by atoms with Gasteiger partial charge in [-0.3, -0.25) is 4.79 Å². The minimum atomic E-state index is -0.747. The molecule has 3 aromatic rings. The average molecular weight is 435 g/mol. The Morgan fingerprint density at radius 3 is 2.41 bits per heavy atom. The van der Waals surface area contributed by atoms with Crippen LogP contribution in [0.1, 0.15) is 28.8 Å². The van der Waals surface area contributed by atoms with Crippen LogP contribution in [-0.4, -0.2) is 36.3 Å². The van der Waals surface area contributed by atoms with Gasteiger partial charge in [0, 0.05) is 24.8 Å². The van der Waals surface area contributed by atoms with E-state index in [2.05, 4.69) is 28.1 Å². The van der Waals surface area contributed by atoms with Crippen molar-refractivity contribution in [2.75, 3.05) is 30.3 Å². The Kier molecular flexibility index (Phi) is 8.62. The van der Waals surface area contributed by atoms with Gasteiger partial charge in [-0.25, -0.2) is 0 Å². The Morgan fingerprint density at radius 2 is 1.69 bits per heavy atom. The Hall–Kier alpha value is -3.39. The largest absolute Gasteiger partial charge is 0.506 e. The van der Waals surface area contributed by atoms with Gasteiger partial charge in [-0.1, -0.05) is 48.5 Å². The van der Waals surface area contributed by atoms with Crippen molar-refractivity contribution in [2.45, 2.75) is 18.6 Å². The molecule has 168 valence electrons. The highest BCUT2D eigenvalue weighted by Crippen LogP contribution is 2.26. The number of hydrogen-bond donors (Lipinski definition) is 6. The lowest BCUT2D eigenvalue weighted by Gasteiger charge is -2.15. The first-order valence-electron chi connectivity index (χ1n) is 10.6. The Morgan fingerprint density at radius 1 is 0.938 bits per heavy atom. The van der Waals surface area contributed by atoms with E-state index >= 15 is 0 Å². The van der Waals surface area contributed by atoms with E-state index in [0.717, 1.165) is 17.7 Å². The Balaban J connectivity index is 1.40. The normalized spacial score (nSPS) is 12.7. The summed E-state index contributed by atoms with van der Waals surface area (Å²) in [4.78, 5) is 10.6. The van der Waals surface area contributed by atoms with Gasteiger partial charge in [0.1, 0.15) is 5.75 Å². The third kappa shape index (κ3) is 6.81. The molecule has 7 nitrogen and oxygen atoms in total. The second kappa shape index (κ2) is 11.9. The van der Waals surface area contributed by atoms with E-state index in [-0.39, 0.29) is 17.5 Å². The molecule has 3 aromatic carbocycles. The minimum absolute atomic E-state index is 0.0407. The lowest BCUT2D eigenvalue weighted by atomic mass is 10.1. The van der Waals surface area contributed by atoms with Gasteiger partial charge in [-0.2, -0.15) is 0 Å². The molecule has 0 fully saturated rings. The molecule has 32 heavy (non-hydrogen) atoms. The van der Waals surface area contributed by atoms with Gasteiger partial charge in [0.2, 0.25) is 6.41 Å². The molecular weight excluding hydrogens is 404 g/mol. The van der Waals surface area contributed by atoms with E-state index < -0.39 is 6.10 Å². The van der Waals surface area contributed by atoms with E-state index in [1.165, 1.54) is 11.6 Å². The van der Waals surface area contributed by atoms with Crippen LogP contribution < -0.4 is 21.7 Å². The third-order valence-electron chi connectivity index (χ3n) is 5.26. The number of nitrogens with one attached hydrogen (secondary N) is 3. The highest BCUT2D eigenvalue weighted by Gasteiger charge is 2.10. The molecule has 3 rings (SSSR count). The fraction of sp³-hybridized carbons (Fsp3) is 0.240. The van der Waals surface area contributed by atoms with Crippen LogP contribution in [0, 0.1) is 0 Å². The van der Waals surface area contributed by atoms with Crippen LogP contribution >= 0.6 is 0 Å². The number of carbonyl (C=O) groups is 1. The van der Waals surface area contributed by atoms with Crippen LogP contribution in [0.3, 0.4) is 0 Å². The molecule has 0 bridgehead atoms. The number of amides is 1. The van der Waals surface area contributed by atoms with Crippen molar-refractivity contribution in [2.24, 2.45) is 5.73 Å². The zero-order chi connectivity index (χ0) is 22.8. The molecule has 0 saturated carbocycles. The minimum Gasteiger partial charge on any atom is -0.506 e. The van der Waals surface area contributed by atoms with Gasteiger partial charge in [0.05, 0.1) is 11.8 Å². The molecule has 0 aliphatic heterocycles. The van der Waals surface area contributed by atoms with Gasteiger partial charge in [-0.05, 0) is 53.9 Å². The molecule has 0 heterocycles. The second-order valence-electron chi connectivity index (χ2n) is 7.60. The maximum atomic E-state index is 10.6. The summed E-state index contributed by atoms with van der Waals surface area (Å²) in [5, 5.41) is 29.1. The number of nitrogens with two attached hydrogens (primary N) is 1. The lowest BCUT2D eigenvalue weighted by molar-refractivity contribution is -0.105. The van der Waals surface area contributed by atoms with Crippen molar-refractivity contribution in [3.8, 4) is 5.75 Å². The van der Waals surface area contributed by atoms with E-state index in [1.54, 1.807) is 12.1 Å². The summed E-state index contributed by atoms with van der Waals surface area (Å²) in [5.74, 6) is -0.0407. The zero-order valence-corrected chi connectivity index (χ0v) is 17.9. The third-order valence-corrected chi connectivity index (χ3v) is 5.26. The molecule has 7 heteroatoms. The summed E-state index contributed by atoms with van der Waals surface area (Å²) < 4.78 is 0. The molecule has 2 unspecified atom stereocenters. The molecule has 2 atom stereocenters. The number of hydrogen-bond acceptors (Lipinski definition) is 6. The van der Waals surface area contributed by atoms with Crippen molar-refractivity contribution in [1.82, 2.24) is 5.32 Å².